The van der Waals surface area contributed by atoms with Crippen molar-refractivity contribution >= 4 is 61.5 Å². The van der Waals surface area contributed by atoms with Gasteiger partial charge in [-0.3, -0.25) is 13.8 Å². The summed E-state index contributed by atoms with van der Waals surface area (Å²) in [7, 11) is -1.31. The first-order valence-corrected chi connectivity index (χ1v) is 13.8. The summed E-state index contributed by atoms with van der Waals surface area (Å²) in [6.07, 6.45) is 0. The van der Waals surface area contributed by atoms with E-state index in [1.165, 1.54) is 11.3 Å². The van der Waals surface area contributed by atoms with Crippen molar-refractivity contribution in [2.75, 3.05) is 31.6 Å². The lowest BCUT2D eigenvalue weighted by molar-refractivity contribution is 0.0302. The maximum atomic E-state index is 13.1. The number of amides is 2. The maximum Gasteiger partial charge on any atom is 0.256 e. The molecule has 36 heavy (non-hydrogen) atoms. The molecule has 10 heteroatoms. The fraction of sp³-hybridized carbons (Fsp3) is 0.192. The van der Waals surface area contributed by atoms with Gasteiger partial charge in [0.1, 0.15) is 0 Å². The van der Waals surface area contributed by atoms with Gasteiger partial charge < -0.3 is 15.0 Å². The van der Waals surface area contributed by atoms with E-state index >= 15 is 0 Å². The number of fused-ring (bicyclic) bond motifs is 1. The molecule has 1 aromatic heterocycles. The Morgan fingerprint density at radius 3 is 2.50 bits per heavy atom. The molecule has 2 amide bonds. The minimum atomic E-state index is -1.31. The van der Waals surface area contributed by atoms with Gasteiger partial charge >= 0.3 is 0 Å². The van der Waals surface area contributed by atoms with Crippen LogP contribution >= 0.6 is 22.9 Å². The molecular weight excluding hydrogens is 518 g/mol. The molecule has 0 spiro atoms. The van der Waals surface area contributed by atoms with Gasteiger partial charge in [0.15, 0.2) is 4.34 Å². The lowest BCUT2D eigenvalue weighted by Gasteiger charge is -2.27. The van der Waals surface area contributed by atoms with Crippen LogP contribution < -0.4 is 5.32 Å². The standard InChI is InChI=1S/C26H22ClN3O4S2/c27-18-7-5-17(6-8-18)16-36(33)26-29-22-10-9-19(15-23(22)35-26)28-24(31)20-3-1-2-4-21(20)25(32)30-11-13-34-14-12-30/h1-10,15H,11-14,16H2,(H,28,31)/t36-/m1/s1. The van der Waals surface area contributed by atoms with Crippen molar-refractivity contribution < 1.29 is 18.5 Å². The van der Waals surface area contributed by atoms with E-state index in [2.05, 4.69) is 10.3 Å². The Morgan fingerprint density at radius 1 is 1.03 bits per heavy atom. The predicted molar refractivity (Wildman–Crippen MR) is 142 cm³/mol. The lowest BCUT2D eigenvalue weighted by atomic mass is 10.0. The molecule has 184 valence electrons. The minimum absolute atomic E-state index is 0.185. The summed E-state index contributed by atoms with van der Waals surface area (Å²) in [5, 5.41) is 3.52. The van der Waals surface area contributed by atoms with Gasteiger partial charge in [-0.05, 0) is 48.0 Å². The van der Waals surface area contributed by atoms with Gasteiger partial charge in [-0.15, -0.1) is 11.3 Å². The molecule has 1 N–H and O–H groups in total. The van der Waals surface area contributed by atoms with Crippen LogP contribution in [0.1, 0.15) is 26.3 Å². The zero-order chi connectivity index (χ0) is 25.1. The Bertz CT molecular complexity index is 1450. The fourth-order valence-corrected chi connectivity index (χ4v) is 6.37. The Balaban J connectivity index is 1.32. The largest absolute Gasteiger partial charge is 0.378 e. The first kappa shape index (κ1) is 24.6. The van der Waals surface area contributed by atoms with Crippen LogP contribution in [-0.2, 0) is 21.3 Å². The molecule has 0 bridgehead atoms. The van der Waals surface area contributed by atoms with Crippen LogP contribution in [0.5, 0.6) is 0 Å². The summed E-state index contributed by atoms with van der Waals surface area (Å²) >= 11 is 7.26. The van der Waals surface area contributed by atoms with Crippen LogP contribution in [-0.4, -0.2) is 52.2 Å². The summed E-state index contributed by atoms with van der Waals surface area (Å²) in [5.74, 6) is -0.216. The number of hydrogen-bond donors (Lipinski definition) is 1. The van der Waals surface area contributed by atoms with Crippen molar-refractivity contribution in [3.05, 3.63) is 88.4 Å². The number of nitrogens with one attached hydrogen (secondary N) is 1. The molecule has 0 saturated carbocycles. The van der Waals surface area contributed by atoms with Crippen molar-refractivity contribution in [2.24, 2.45) is 0 Å². The quantitative estimate of drug-likeness (QED) is 0.373. The third kappa shape index (κ3) is 5.49. The summed E-state index contributed by atoms with van der Waals surface area (Å²) in [5.41, 5.74) is 2.86. The number of carbonyl (C=O) groups excluding carboxylic acids is 2. The van der Waals surface area contributed by atoms with Crippen molar-refractivity contribution in [3.63, 3.8) is 0 Å². The number of halogens is 1. The first-order chi connectivity index (χ1) is 17.5. The predicted octanol–water partition coefficient (Wildman–Crippen LogP) is 4.98. The van der Waals surface area contributed by atoms with E-state index in [4.69, 9.17) is 16.3 Å². The van der Waals surface area contributed by atoms with Crippen LogP contribution in [0.3, 0.4) is 0 Å². The summed E-state index contributed by atoms with van der Waals surface area (Å²) in [6, 6.07) is 19.4. The van der Waals surface area contributed by atoms with E-state index in [1.54, 1.807) is 59.5 Å². The number of anilines is 1. The average molecular weight is 540 g/mol. The number of aromatic nitrogens is 1. The topological polar surface area (TPSA) is 88.6 Å². The zero-order valence-electron chi connectivity index (χ0n) is 19.1. The molecular formula is C26H22ClN3O4S2. The second kappa shape index (κ2) is 10.9. The molecule has 0 unspecified atom stereocenters. The number of hydrogen-bond acceptors (Lipinski definition) is 6. The second-order valence-corrected chi connectivity index (χ2v) is 11.3. The van der Waals surface area contributed by atoms with Gasteiger partial charge in [0.2, 0.25) is 0 Å². The highest BCUT2D eigenvalue weighted by molar-refractivity contribution is 7.86. The van der Waals surface area contributed by atoms with Crippen molar-refractivity contribution in [1.82, 2.24) is 9.88 Å². The smallest absolute Gasteiger partial charge is 0.256 e. The molecule has 3 aromatic carbocycles. The molecule has 5 rings (SSSR count). The number of nitrogens with zero attached hydrogens (tertiary/aromatic N) is 2. The second-order valence-electron chi connectivity index (χ2n) is 8.18. The number of ether oxygens (including phenoxy) is 1. The number of carbonyl (C=O) groups is 2. The van der Waals surface area contributed by atoms with Gasteiger partial charge in [0.25, 0.3) is 11.8 Å². The molecule has 7 nitrogen and oxygen atoms in total. The van der Waals surface area contributed by atoms with E-state index in [9.17, 15) is 13.8 Å². The molecule has 0 radical (unpaired) electrons. The monoisotopic (exact) mass is 539 g/mol. The molecule has 1 aliphatic heterocycles. The summed E-state index contributed by atoms with van der Waals surface area (Å²) < 4.78 is 19.5. The molecule has 0 aliphatic carbocycles. The third-order valence-electron chi connectivity index (χ3n) is 5.73. The number of rotatable bonds is 6. The Hall–Kier alpha value is -3.11. The van der Waals surface area contributed by atoms with E-state index < -0.39 is 10.8 Å². The van der Waals surface area contributed by atoms with Gasteiger partial charge in [-0.25, -0.2) is 4.98 Å². The molecule has 1 atom stereocenters. The summed E-state index contributed by atoms with van der Waals surface area (Å²) in [4.78, 5) is 32.3. The minimum Gasteiger partial charge on any atom is -0.378 e. The van der Waals surface area contributed by atoms with Gasteiger partial charge in [-0.1, -0.05) is 35.9 Å². The number of morpholine rings is 1. The van der Waals surface area contributed by atoms with Crippen LogP contribution in [0.15, 0.2) is 71.1 Å². The molecule has 1 saturated heterocycles. The normalized spacial score (nSPS) is 14.5. The third-order valence-corrected chi connectivity index (χ3v) is 8.68. The van der Waals surface area contributed by atoms with Crippen LogP contribution in [0.4, 0.5) is 5.69 Å². The highest BCUT2D eigenvalue weighted by Gasteiger charge is 2.23. The van der Waals surface area contributed by atoms with Gasteiger partial charge in [0.05, 0.1) is 51.1 Å². The Labute approximate surface area is 219 Å². The SMILES string of the molecule is O=C(Nc1ccc2nc([S@](=O)Cc3ccc(Cl)cc3)sc2c1)c1ccccc1C(=O)N1CCOCC1. The number of thiazole rings is 1. The highest BCUT2D eigenvalue weighted by Crippen LogP contribution is 2.29. The highest BCUT2D eigenvalue weighted by atomic mass is 35.5. The number of benzene rings is 3. The van der Waals surface area contributed by atoms with Crippen molar-refractivity contribution in [2.45, 2.75) is 10.1 Å². The Kier molecular flexibility index (Phi) is 7.43. The average Bonchev–Trinajstić information content (AvgIpc) is 3.34. The molecule has 4 aromatic rings. The van der Waals surface area contributed by atoms with E-state index in [0.717, 1.165) is 10.3 Å². The summed E-state index contributed by atoms with van der Waals surface area (Å²) in [6.45, 7) is 1.97. The molecule has 1 aliphatic rings. The van der Waals surface area contributed by atoms with E-state index in [0.29, 0.717) is 63.7 Å². The van der Waals surface area contributed by atoms with Crippen molar-refractivity contribution in [3.8, 4) is 0 Å². The van der Waals surface area contributed by atoms with Crippen LogP contribution in [0.2, 0.25) is 5.02 Å². The Morgan fingerprint density at radius 2 is 1.75 bits per heavy atom. The lowest BCUT2D eigenvalue weighted by Crippen LogP contribution is -2.41. The van der Waals surface area contributed by atoms with Crippen molar-refractivity contribution in [1.29, 1.82) is 0 Å². The van der Waals surface area contributed by atoms with E-state index in [1.807, 2.05) is 12.1 Å². The molecule has 2 heterocycles. The van der Waals surface area contributed by atoms with Gasteiger partial charge in [-0.2, -0.15) is 0 Å². The first-order valence-electron chi connectivity index (χ1n) is 11.3. The van der Waals surface area contributed by atoms with E-state index in [-0.39, 0.29) is 11.8 Å². The maximum absolute atomic E-state index is 13.1. The van der Waals surface area contributed by atoms with Crippen LogP contribution in [0, 0.1) is 0 Å². The zero-order valence-corrected chi connectivity index (χ0v) is 21.5. The molecule has 1 fully saturated rings. The fourth-order valence-electron chi connectivity index (χ4n) is 3.88. The van der Waals surface area contributed by atoms with Gasteiger partial charge in [0, 0.05) is 23.8 Å². The van der Waals surface area contributed by atoms with Crippen LogP contribution in [0.25, 0.3) is 10.2 Å².